The number of imidazole rings is 1. The number of nitrogens with one attached hydrogen (secondary N) is 3. The molecule has 0 aromatic carbocycles. The average molecular weight is 430 g/mol. The largest absolute Gasteiger partial charge is 0.443 e. The number of halogens is 1. The van der Waals surface area contributed by atoms with E-state index in [1.165, 1.54) is 0 Å². The highest BCUT2D eigenvalue weighted by molar-refractivity contribution is 5.86. The number of aliphatic imine (C=N–C) groups is 1. The lowest BCUT2D eigenvalue weighted by Gasteiger charge is -2.32. The zero-order valence-electron chi connectivity index (χ0n) is 18.0. The Labute approximate surface area is 179 Å². The highest BCUT2D eigenvalue weighted by Crippen LogP contribution is 2.41. The van der Waals surface area contributed by atoms with Crippen molar-refractivity contribution < 1.29 is 13.9 Å². The van der Waals surface area contributed by atoms with E-state index in [0.717, 1.165) is 24.2 Å². The number of hydrogen-bond acceptors (Lipinski definition) is 6. The minimum Gasteiger partial charge on any atom is -0.443 e. The lowest BCUT2D eigenvalue weighted by molar-refractivity contribution is 0.0342. The van der Waals surface area contributed by atoms with Gasteiger partial charge in [0, 0.05) is 35.8 Å². The van der Waals surface area contributed by atoms with Crippen LogP contribution in [0.15, 0.2) is 23.5 Å². The topological polar surface area (TPSA) is 105 Å². The fraction of sp³-hybridized carbons (Fsp3) is 0.619. The van der Waals surface area contributed by atoms with Crippen LogP contribution in [0.4, 0.5) is 15.1 Å². The third-order valence-corrected chi connectivity index (χ3v) is 6.73. The van der Waals surface area contributed by atoms with Crippen molar-refractivity contribution in [3.8, 4) is 0 Å². The molecule has 9 nitrogen and oxygen atoms in total. The van der Waals surface area contributed by atoms with Crippen LogP contribution in [0, 0.1) is 12.8 Å². The minimum atomic E-state index is -1.24. The number of carbonyl (C=O) groups excluding carboxylic acids is 1. The molecule has 2 saturated carbocycles. The van der Waals surface area contributed by atoms with Gasteiger partial charge in [0.05, 0.1) is 5.69 Å². The highest BCUT2D eigenvalue weighted by atomic mass is 19.1. The average Bonchev–Trinajstić information content (AvgIpc) is 3.03. The number of hydrogen-bond donors (Lipinski definition) is 3. The van der Waals surface area contributed by atoms with Crippen LogP contribution in [0.2, 0.25) is 0 Å². The lowest BCUT2D eigenvalue weighted by Crippen LogP contribution is -2.50. The van der Waals surface area contributed by atoms with Gasteiger partial charge in [-0.2, -0.15) is 4.99 Å². The molecule has 0 bridgehead atoms. The summed E-state index contributed by atoms with van der Waals surface area (Å²) in [7, 11) is 0. The molecule has 3 fully saturated rings. The first kappa shape index (κ1) is 20.2. The van der Waals surface area contributed by atoms with Gasteiger partial charge < -0.3 is 15.5 Å². The molecule has 1 aliphatic heterocycles. The molecule has 4 atom stereocenters. The second-order valence-corrected chi connectivity index (χ2v) is 9.52. The van der Waals surface area contributed by atoms with Crippen molar-refractivity contribution in [2.45, 2.75) is 76.2 Å². The molecule has 1 unspecified atom stereocenters. The third-order valence-electron chi connectivity index (χ3n) is 6.73. The summed E-state index contributed by atoms with van der Waals surface area (Å²) < 4.78 is 22.5. The van der Waals surface area contributed by atoms with Crippen LogP contribution < -0.4 is 16.2 Å². The number of aryl methyl sites for hydroxylation is 1. The van der Waals surface area contributed by atoms with Crippen LogP contribution in [0.3, 0.4) is 0 Å². The normalized spacial score (nSPS) is 32.9. The van der Waals surface area contributed by atoms with Crippen LogP contribution >= 0.6 is 0 Å². The first-order valence-corrected chi connectivity index (χ1v) is 10.8. The Bertz CT molecular complexity index is 1050. The fourth-order valence-corrected chi connectivity index (χ4v) is 4.61. The molecule has 3 N–H and O–H groups in total. The van der Waals surface area contributed by atoms with Gasteiger partial charge in [0.1, 0.15) is 23.8 Å². The van der Waals surface area contributed by atoms with Crippen LogP contribution in [-0.4, -0.2) is 49.7 Å². The van der Waals surface area contributed by atoms with Gasteiger partial charge in [-0.1, -0.05) is 0 Å². The van der Waals surface area contributed by atoms with E-state index in [9.17, 15) is 4.79 Å². The molecule has 1 amide bonds. The van der Waals surface area contributed by atoms with Crippen LogP contribution in [-0.2, 0) is 4.74 Å². The number of carbonyl (C=O) groups is 1. The Balaban J connectivity index is 1.27. The minimum absolute atomic E-state index is 0.181. The maximum atomic E-state index is 15.3. The number of rotatable bonds is 4. The first-order valence-electron chi connectivity index (χ1n) is 10.8. The fourth-order valence-electron chi connectivity index (χ4n) is 4.61. The van der Waals surface area contributed by atoms with E-state index in [-0.39, 0.29) is 11.5 Å². The predicted octanol–water partition coefficient (Wildman–Crippen LogP) is 2.72. The second-order valence-electron chi connectivity index (χ2n) is 9.52. The van der Waals surface area contributed by atoms with E-state index in [2.05, 4.69) is 31.1 Å². The summed E-state index contributed by atoms with van der Waals surface area (Å²) in [4.78, 5) is 25.5. The molecule has 2 aromatic rings. The van der Waals surface area contributed by atoms with Gasteiger partial charge in [0.2, 0.25) is 5.95 Å². The summed E-state index contributed by atoms with van der Waals surface area (Å²) in [6.07, 6.45) is 4.59. The zero-order valence-corrected chi connectivity index (χ0v) is 18.0. The maximum absolute atomic E-state index is 15.3. The molecule has 2 aliphatic carbocycles. The van der Waals surface area contributed by atoms with Crippen molar-refractivity contribution >= 4 is 23.5 Å². The SMILES string of the molecule is Cc1cn2c(N=C3CC(C)([C@@H]4CC[C@H](OC(=O)NC5(C)CC5)[C@H]4F)NN3)nccc2n1. The van der Waals surface area contributed by atoms with Crippen molar-refractivity contribution in [1.29, 1.82) is 0 Å². The van der Waals surface area contributed by atoms with E-state index >= 15 is 4.39 Å². The zero-order chi connectivity index (χ0) is 21.8. The van der Waals surface area contributed by atoms with Crippen LogP contribution in [0.1, 0.15) is 51.6 Å². The Morgan fingerprint density at radius 1 is 1.39 bits per heavy atom. The first-order chi connectivity index (χ1) is 14.7. The summed E-state index contributed by atoms with van der Waals surface area (Å²) >= 11 is 0. The Kier molecular flexibility index (Phi) is 4.65. The molecule has 10 heteroatoms. The molecule has 0 radical (unpaired) electrons. The summed E-state index contributed by atoms with van der Waals surface area (Å²) in [6.45, 7) is 5.86. The second kappa shape index (κ2) is 7.15. The van der Waals surface area contributed by atoms with Gasteiger partial charge in [-0.3, -0.25) is 4.40 Å². The molecule has 166 valence electrons. The van der Waals surface area contributed by atoms with Crippen molar-refractivity contribution in [2.75, 3.05) is 0 Å². The van der Waals surface area contributed by atoms with Crippen LogP contribution in [0.5, 0.6) is 0 Å². The number of nitrogens with zero attached hydrogens (tertiary/aromatic N) is 4. The smallest absolute Gasteiger partial charge is 0.407 e. The standard InChI is InChI=1S/C21H28FN7O2/c1-12-11-29-16(24-12)6-9-23-18(29)25-15-10-21(3,28-27-15)13-4-5-14(17(13)22)31-19(30)26-20(2)7-8-20/h6,9,11,13-14,17,28H,4-5,7-8,10H2,1-3H3,(H,26,30)(H,23,25,27)/t13-,14+,17+,21?/m1/s1. The van der Waals surface area contributed by atoms with Gasteiger partial charge in [-0.05, 0) is 52.5 Å². The lowest BCUT2D eigenvalue weighted by atomic mass is 9.82. The number of fused-ring (bicyclic) bond motifs is 1. The molecule has 1 saturated heterocycles. The van der Waals surface area contributed by atoms with Crippen molar-refractivity contribution in [3.05, 3.63) is 24.2 Å². The number of alkyl halides is 1. The number of amidine groups is 1. The van der Waals surface area contributed by atoms with Crippen LogP contribution in [0.25, 0.3) is 5.65 Å². The number of alkyl carbamates (subject to hydrolysis) is 1. The Hall–Kier alpha value is -2.75. The van der Waals surface area contributed by atoms with E-state index in [1.807, 2.05) is 37.4 Å². The quantitative estimate of drug-likeness (QED) is 0.690. The molecule has 5 rings (SSSR count). The molecule has 3 heterocycles. The predicted molar refractivity (Wildman–Crippen MR) is 113 cm³/mol. The number of ether oxygens (including phenoxy) is 1. The van der Waals surface area contributed by atoms with E-state index < -0.39 is 23.9 Å². The molecule has 0 spiro atoms. The molecule has 3 aliphatic rings. The number of aromatic nitrogens is 3. The number of amides is 1. The molecule has 31 heavy (non-hydrogen) atoms. The summed E-state index contributed by atoms with van der Waals surface area (Å²) in [5, 5.41) is 2.83. The number of hydrazine groups is 1. The highest BCUT2D eigenvalue weighted by Gasteiger charge is 2.51. The van der Waals surface area contributed by atoms with Gasteiger partial charge in [-0.15, -0.1) is 0 Å². The van der Waals surface area contributed by atoms with Gasteiger partial charge >= 0.3 is 6.09 Å². The summed E-state index contributed by atoms with van der Waals surface area (Å²) in [5.74, 6) is 0.896. The van der Waals surface area contributed by atoms with Crippen molar-refractivity contribution in [2.24, 2.45) is 10.9 Å². The Morgan fingerprint density at radius 2 is 2.19 bits per heavy atom. The monoisotopic (exact) mass is 429 g/mol. The van der Waals surface area contributed by atoms with Gasteiger partial charge in [-0.25, -0.2) is 24.6 Å². The van der Waals surface area contributed by atoms with Gasteiger partial charge in [0.25, 0.3) is 0 Å². The van der Waals surface area contributed by atoms with E-state index in [0.29, 0.717) is 31.0 Å². The summed E-state index contributed by atoms with van der Waals surface area (Å²) in [5.41, 5.74) is 7.25. The molecular formula is C21H28FN7O2. The summed E-state index contributed by atoms with van der Waals surface area (Å²) in [6, 6.07) is 1.83. The van der Waals surface area contributed by atoms with E-state index in [4.69, 9.17) is 4.74 Å². The third kappa shape index (κ3) is 3.84. The molecular weight excluding hydrogens is 401 g/mol. The van der Waals surface area contributed by atoms with Crippen molar-refractivity contribution in [1.82, 2.24) is 30.5 Å². The van der Waals surface area contributed by atoms with Gasteiger partial charge in [0.15, 0.2) is 0 Å². The maximum Gasteiger partial charge on any atom is 0.407 e. The Morgan fingerprint density at radius 3 is 2.97 bits per heavy atom. The van der Waals surface area contributed by atoms with Crippen molar-refractivity contribution in [3.63, 3.8) is 0 Å². The molecule has 2 aromatic heterocycles. The van der Waals surface area contributed by atoms with E-state index in [1.54, 1.807) is 6.20 Å².